The predicted molar refractivity (Wildman–Crippen MR) is 144 cm³/mol. The number of nitrogens with one attached hydrogen (secondary N) is 2. The number of hydrogen-bond donors (Lipinski definition) is 3. The zero-order chi connectivity index (χ0) is 28.3. The second-order valence-electron chi connectivity index (χ2n) is 10.2. The van der Waals surface area contributed by atoms with Crippen LogP contribution in [0.1, 0.15) is 64.6 Å². The molecular formula is C29H38N4O5. The average Bonchev–Trinajstić information content (AvgIpc) is 2.84. The van der Waals surface area contributed by atoms with E-state index in [9.17, 15) is 24.8 Å². The number of phenols is 1. The topological polar surface area (TPSA) is 132 Å². The lowest BCUT2D eigenvalue weighted by Crippen LogP contribution is -2.54. The van der Waals surface area contributed by atoms with Gasteiger partial charge in [-0.25, -0.2) is 4.79 Å². The molecule has 3 unspecified atom stereocenters. The molecule has 2 aromatic carbocycles. The van der Waals surface area contributed by atoms with E-state index in [1.165, 1.54) is 17.0 Å². The molecule has 0 fully saturated rings. The quantitative estimate of drug-likeness (QED) is 0.379. The fraction of sp³-hybridized carbons (Fsp3) is 0.448. The van der Waals surface area contributed by atoms with Crippen molar-refractivity contribution in [2.75, 3.05) is 6.54 Å². The minimum absolute atomic E-state index is 0.0512. The third kappa shape index (κ3) is 9.43. The van der Waals surface area contributed by atoms with Gasteiger partial charge in [0.25, 0.3) is 0 Å². The van der Waals surface area contributed by atoms with Gasteiger partial charge >= 0.3 is 6.09 Å². The van der Waals surface area contributed by atoms with Crippen molar-refractivity contribution >= 4 is 17.9 Å². The van der Waals surface area contributed by atoms with Gasteiger partial charge in [0.2, 0.25) is 11.8 Å². The van der Waals surface area contributed by atoms with Crippen LogP contribution >= 0.6 is 0 Å². The number of amides is 3. The zero-order valence-electron chi connectivity index (χ0n) is 22.7. The first-order chi connectivity index (χ1) is 17.9. The molecule has 0 aliphatic carbocycles. The van der Waals surface area contributed by atoms with Crippen molar-refractivity contribution in [3.05, 3.63) is 65.7 Å². The first-order valence-corrected chi connectivity index (χ1v) is 12.7. The van der Waals surface area contributed by atoms with Gasteiger partial charge in [-0.2, -0.15) is 5.26 Å². The summed E-state index contributed by atoms with van der Waals surface area (Å²) in [6, 6.07) is 14.6. The molecule has 9 nitrogen and oxygen atoms in total. The van der Waals surface area contributed by atoms with Crippen LogP contribution in [-0.4, -0.2) is 52.1 Å². The van der Waals surface area contributed by atoms with Gasteiger partial charge in [0.1, 0.15) is 30.0 Å². The Morgan fingerprint density at radius 2 is 1.68 bits per heavy atom. The number of phenolic OH excluding ortho intramolecular Hbond substituents is 1. The molecule has 0 heterocycles. The van der Waals surface area contributed by atoms with Crippen LogP contribution in [0, 0.1) is 11.3 Å². The van der Waals surface area contributed by atoms with Crippen molar-refractivity contribution in [1.29, 1.82) is 5.26 Å². The molecule has 3 atom stereocenters. The van der Waals surface area contributed by atoms with Gasteiger partial charge in [-0.15, -0.1) is 0 Å². The first-order valence-electron chi connectivity index (χ1n) is 12.7. The summed E-state index contributed by atoms with van der Waals surface area (Å²) in [6.07, 6.45) is 0.870. The molecule has 2 rings (SSSR count). The maximum absolute atomic E-state index is 14.0. The molecule has 0 saturated heterocycles. The molecule has 2 aromatic rings. The maximum atomic E-state index is 14.0. The highest BCUT2D eigenvalue weighted by molar-refractivity contribution is 5.92. The number of carbonyl (C=O) groups excluding carboxylic acids is 3. The molecule has 3 N–H and O–H groups in total. The smallest absolute Gasteiger partial charge is 0.408 e. The van der Waals surface area contributed by atoms with Gasteiger partial charge in [0, 0.05) is 12.5 Å². The molecular weight excluding hydrogens is 484 g/mol. The summed E-state index contributed by atoms with van der Waals surface area (Å²) in [5.41, 5.74) is 0.397. The Labute approximate surface area is 224 Å². The molecule has 0 saturated carbocycles. The highest BCUT2D eigenvalue weighted by atomic mass is 16.6. The van der Waals surface area contributed by atoms with E-state index in [0.717, 1.165) is 12.8 Å². The van der Waals surface area contributed by atoms with E-state index in [1.54, 1.807) is 63.2 Å². The van der Waals surface area contributed by atoms with Crippen molar-refractivity contribution in [3.8, 4) is 11.8 Å². The normalized spacial score (nSPS) is 13.4. The summed E-state index contributed by atoms with van der Waals surface area (Å²) in [5.74, 6) is -0.969. The lowest BCUT2D eigenvalue weighted by molar-refractivity contribution is -0.142. The van der Waals surface area contributed by atoms with Gasteiger partial charge in [-0.3, -0.25) is 9.59 Å². The Kier molecular flexibility index (Phi) is 11.1. The molecule has 0 spiro atoms. The van der Waals surface area contributed by atoms with E-state index in [2.05, 4.69) is 10.6 Å². The van der Waals surface area contributed by atoms with Crippen LogP contribution in [0.2, 0.25) is 0 Å². The van der Waals surface area contributed by atoms with Crippen LogP contribution in [0.4, 0.5) is 4.79 Å². The predicted octanol–water partition coefficient (Wildman–Crippen LogP) is 4.23. The van der Waals surface area contributed by atoms with E-state index in [-0.39, 0.29) is 24.8 Å². The van der Waals surface area contributed by atoms with E-state index in [4.69, 9.17) is 4.74 Å². The van der Waals surface area contributed by atoms with Crippen molar-refractivity contribution in [1.82, 2.24) is 15.5 Å². The number of nitriles is 1. The summed E-state index contributed by atoms with van der Waals surface area (Å²) < 4.78 is 5.38. The van der Waals surface area contributed by atoms with Crippen LogP contribution in [0.25, 0.3) is 0 Å². The Bertz CT molecular complexity index is 1110. The van der Waals surface area contributed by atoms with Crippen LogP contribution < -0.4 is 10.6 Å². The number of aromatic hydroxyl groups is 1. The van der Waals surface area contributed by atoms with E-state index in [0.29, 0.717) is 11.1 Å². The van der Waals surface area contributed by atoms with Crippen LogP contribution in [0.3, 0.4) is 0 Å². The van der Waals surface area contributed by atoms with E-state index in [1.807, 2.05) is 19.9 Å². The highest BCUT2D eigenvalue weighted by Crippen LogP contribution is 2.24. The number of alkyl carbamates (subject to hydrolysis) is 1. The number of carbonyl (C=O) groups is 3. The highest BCUT2D eigenvalue weighted by Gasteiger charge is 2.36. The van der Waals surface area contributed by atoms with Crippen molar-refractivity contribution in [2.45, 2.75) is 77.6 Å². The summed E-state index contributed by atoms with van der Waals surface area (Å²) >= 11 is 0. The van der Waals surface area contributed by atoms with Crippen LogP contribution in [0.15, 0.2) is 54.6 Å². The molecule has 0 aliphatic rings. The fourth-order valence-electron chi connectivity index (χ4n) is 4.03. The Hall–Kier alpha value is -4.06. The molecule has 0 radical (unpaired) electrons. The maximum Gasteiger partial charge on any atom is 0.408 e. The Morgan fingerprint density at radius 1 is 1.05 bits per heavy atom. The summed E-state index contributed by atoms with van der Waals surface area (Å²) in [7, 11) is 0. The number of nitrogens with zero attached hydrogens (tertiary/aromatic N) is 2. The van der Waals surface area contributed by atoms with Crippen LogP contribution in [-0.2, 0) is 20.7 Å². The third-order valence-electron chi connectivity index (χ3n) is 5.68. The number of hydrogen-bond acceptors (Lipinski definition) is 6. The van der Waals surface area contributed by atoms with Crippen molar-refractivity contribution < 1.29 is 24.2 Å². The lowest BCUT2D eigenvalue weighted by atomic mass is 10.00. The molecule has 38 heavy (non-hydrogen) atoms. The summed E-state index contributed by atoms with van der Waals surface area (Å²) in [6.45, 7) is 8.64. The van der Waals surface area contributed by atoms with Gasteiger partial charge in [-0.1, -0.05) is 55.8 Å². The summed E-state index contributed by atoms with van der Waals surface area (Å²) in [5, 5.41) is 24.9. The number of rotatable bonds is 11. The van der Waals surface area contributed by atoms with Gasteiger partial charge in [-0.05, 0) is 57.4 Å². The average molecular weight is 523 g/mol. The minimum Gasteiger partial charge on any atom is -0.508 e. The second kappa shape index (κ2) is 14.0. The number of ether oxygens (including phenoxy) is 1. The zero-order valence-corrected chi connectivity index (χ0v) is 22.7. The van der Waals surface area contributed by atoms with E-state index < -0.39 is 35.6 Å². The molecule has 204 valence electrons. The van der Waals surface area contributed by atoms with Gasteiger partial charge in [0.05, 0.1) is 6.07 Å². The Morgan fingerprint density at radius 3 is 2.24 bits per heavy atom. The third-order valence-corrected chi connectivity index (χ3v) is 5.68. The molecule has 0 aromatic heterocycles. The first kappa shape index (κ1) is 30.2. The fourth-order valence-corrected chi connectivity index (χ4v) is 4.03. The standard InChI is InChI=1S/C29H38N4O5/c1-6-10-20(2)31-26(35)25(22-11-8-7-9-12-22)33(18-17-30)27(36)24(32-28(37)38-29(3,4)5)19-21-13-15-23(34)16-14-21/h7-9,11-16,20,24-25,34H,6,10,18-19H2,1-5H3,(H,31,35)(H,32,37). The number of benzene rings is 2. The molecule has 3 amide bonds. The van der Waals surface area contributed by atoms with Crippen LogP contribution in [0.5, 0.6) is 5.75 Å². The SMILES string of the molecule is CCCC(C)NC(=O)C(c1ccccc1)N(CC#N)C(=O)C(Cc1ccc(O)cc1)NC(=O)OC(C)(C)C. The van der Waals surface area contributed by atoms with Crippen molar-refractivity contribution in [2.24, 2.45) is 0 Å². The van der Waals surface area contributed by atoms with Crippen molar-refractivity contribution in [3.63, 3.8) is 0 Å². The lowest BCUT2D eigenvalue weighted by Gasteiger charge is -2.33. The molecule has 9 heteroatoms. The second-order valence-corrected chi connectivity index (χ2v) is 10.2. The summed E-state index contributed by atoms with van der Waals surface area (Å²) in [4.78, 5) is 41.4. The Balaban J connectivity index is 2.49. The van der Waals surface area contributed by atoms with Gasteiger partial charge in [0.15, 0.2) is 0 Å². The largest absolute Gasteiger partial charge is 0.508 e. The van der Waals surface area contributed by atoms with Gasteiger partial charge < -0.3 is 25.4 Å². The molecule has 0 bridgehead atoms. The molecule has 0 aliphatic heterocycles. The van der Waals surface area contributed by atoms with E-state index >= 15 is 0 Å². The monoisotopic (exact) mass is 522 g/mol. The minimum atomic E-state index is -1.14.